The summed E-state index contributed by atoms with van der Waals surface area (Å²) in [5.41, 5.74) is -0.755. The van der Waals surface area contributed by atoms with Crippen molar-refractivity contribution in [1.82, 2.24) is 5.06 Å². The molecule has 3 nitrogen and oxygen atoms in total. The monoisotopic (exact) mass is 503 g/mol. The average molecular weight is 504 g/mol. The molecule has 4 rings (SSSR count). The van der Waals surface area contributed by atoms with Gasteiger partial charge in [0.05, 0.1) is 12.3 Å². The smallest absolute Gasteiger partial charge is 0.112 e. The van der Waals surface area contributed by atoms with Crippen molar-refractivity contribution in [2.45, 2.75) is 77.0 Å². The summed E-state index contributed by atoms with van der Waals surface area (Å²) >= 11 is 0. The summed E-state index contributed by atoms with van der Waals surface area (Å²) in [6.45, 7) is 8.92. The van der Waals surface area contributed by atoms with Crippen LogP contribution in [0, 0.1) is 0 Å². The minimum absolute atomic E-state index is 0.157. The van der Waals surface area contributed by atoms with Crippen LogP contribution in [0.4, 0.5) is 0 Å². The van der Waals surface area contributed by atoms with Gasteiger partial charge in [0.15, 0.2) is 0 Å². The predicted molar refractivity (Wildman–Crippen MR) is 154 cm³/mol. The Morgan fingerprint density at radius 1 is 0.694 bits per heavy atom. The molecule has 3 aromatic carbocycles. The van der Waals surface area contributed by atoms with Gasteiger partial charge in [-0.3, -0.25) is 0 Å². The minimum atomic E-state index is -1.75. The fraction of sp³-hybridized carbons (Fsp3) is 0.438. The third-order valence-electron chi connectivity index (χ3n) is 7.64. The summed E-state index contributed by atoms with van der Waals surface area (Å²) in [6.07, 6.45) is 6.25. The van der Waals surface area contributed by atoms with Crippen LogP contribution in [0.15, 0.2) is 91.0 Å². The highest BCUT2D eigenvalue weighted by Crippen LogP contribution is 2.56. The number of benzene rings is 3. The molecule has 0 aliphatic carbocycles. The standard InChI is InChI=1S/C32H42NO2P/c1-31(2)25-27(26-32(3,4)33(31)34)35-23-15-8-16-24-36(28-17-9-5-10-18-28,29-19-11-6-12-20-29)30-21-13-7-14-22-30/h5-7,9-14,17-22,27H,8,15-16,23-26H2,1-4H3/q+1. The molecular formula is C32H42NO2P+. The van der Waals surface area contributed by atoms with E-state index in [1.165, 1.54) is 21.0 Å². The Kier molecular flexibility index (Phi) is 8.68. The molecule has 0 bridgehead atoms. The van der Waals surface area contributed by atoms with E-state index in [0.29, 0.717) is 0 Å². The van der Waals surface area contributed by atoms with Crippen LogP contribution in [0.5, 0.6) is 0 Å². The van der Waals surface area contributed by atoms with E-state index in [1.807, 2.05) is 27.7 Å². The Balaban J connectivity index is 1.44. The molecule has 0 aromatic heterocycles. The molecule has 0 spiro atoms. The summed E-state index contributed by atoms with van der Waals surface area (Å²) in [5, 5.41) is 18.3. The van der Waals surface area contributed by atoms with Crippen molar-refractivity contribution in [2.24, 2.45) is 0 Å². The fourth-order valence-electron chi connectivity index (χ4n) is 6.05. The van der Waals surface area contributed by atoms with Crippen LogP contribution in [-0.4, -0.2) is 35.0 Å². The Labute approximate surface area is 218 Å². The Hall–Kier alpha value is -2.03. The number of piperidine rings is 1. The van der Waals surface area contributed by atoms with Crippen molar-refractivity contribution in [2.75, 3.05) is 12.8 Å². The van der Waals surface area contributed by atoms with Gasteiger partial charge < -0.3 is 4.74 Å². The van der Waals surface area contributed by atoms with Crippen molar-refractivity contribution in [3.8, 4) is 0 Å². The normalized spacial score (nSPS) is 18.2. The Morgan fingerprint density at radius 2 is 1.11 bits per heavy atom. The maximum atomic E-state index is 12.6. The van der Waals surface area contributed by atoms with E-state index in [1.54, 1.807) is 0 Å². The van der Waals surface area contributed by atoms with Crippen LogP contribution in [0.3, 0.4) is 0 Å². The molecular weight excluding hydrogens is 461 g/mol. The van der Waals surface area contributed by atoms with Gasteiger partial charge in [-0.1, -0.05) is 54.6 Å². The predicted octanol–water partition coefficient (Wildman–Crippen LogP) is 6.53. The highest BCUT2D eigenvalue weighted by Gasteiger charge is 2.47. The van der Waals surface area contributed by atoms with Crippen molar-refractivity contribution in [1.29, 1.82) is 0 Å². The molecule has 191 valence electrons. The van der Waals surface area contributed by atoms with Gasteiger partial charge in [-0.2, -0.15) is 0 Å². The number of hydroxylamine groups is 2. The second-order valence-corrected chi connectivity index (χ2v) is 15.0. The summed E-state index contributed by atoms with van der Waals surface area (Å²) in [5.74, 6) is 0. The van der Waals surface area contributed by atoms with Gasteiger partial charge in [0.25, 0.3) is 0 Å². The molecule has 0 atom stereocenters. The minimum Gasteiger partial charge on any atom is -0.378 e. The molecule has 36 heavy (non-hydrogen) atoms. The molecule has 3 aromatic rings. The first-order chi connectivity index (χ1) is 17.3. The van der Waals surface area contributed by atoms with Crippen LogP contribution in [0.1, 0.15) is 59.8 Å². The van der Waals surface area contributed by atoms with Crippen molar-refractivity contribution < 1.29 is 9.94 Å². The van der Waals surface area contributed by atoms with Crippen LogP contribution < -0.4 is 15.9 Å². The second-order valence-electron chi connectivity index (χ2n) is 11.4. The molecule has 1 radical (unpaired) electrons. The summed E-state index contributed by atoms with van der Waals surface area (Å²) in [7, 11) is -1.75. The zero-order chi connectivity index (χ0) is 25.7. The fourth-order valence-corrected chi connectivity index (χ4v) is 10.5. The van der Waals surface area contributed by atoms with Gasteiger partial charge in [0, 0.05) is 17.7 Å². The van der Waals surface area contributed by atoms with Gasteiger partial charge in [-0.15, -0.1) is 10.3 Å². The molecule has 4 heteroatoms. The van der Waals surface area contributed by atoms with Crippen molar-refractivity contribution in [3.05, 3.63) is 91.0 Å². The zero-order valence-electron chi connectivity index (χ0n) is 22.4. The lowest BCUT2D eigenvalue weighted by Gasteiger charge is -2.49. The topological polar surface area (TPSA) is 32.4 Å². The van der Waals surface area contributed by atoms with E-state index in [-0.39, 0.29) is 17.2 Å². The molecule has 0 amide bonds. The second kappa shape index (κ2) is 11.6. The number of hydrogen-bond acceptors (Lipinski definition) is 2. The highest BCUT2D eigenvalue weighted by atomic mass is 31.2. The molecule has 0 N–H and O–H groups in total. The largest absolute Gasteiger partial charge is 0.378 e. The zero-order valence-corrected chi connectivity index (χ0v) is 23.3. The van der Waals surface area contributed by atoms with Crippen LogP contribution >= 0.6 is 7.26 Å². The van der Waals surface area contributed by atoms with E-state index >= 15 is 0 Å². The van der Waals surface area contributed by atoms with Crippen LogP contribution in [0.2, 0.25) is 0 Å². The number of unbranched alkanes of at least 4 members (excludes halogenated alkanes) is 2. The van der Waals surface area contributed by atoms with E-state index < -0.39 is 7.26 Å². The third-order valence-corrected chi connectivity index (χ3v) is 12.2. The Bertz CT molecular complexity index is 954. The van der Waals surface area contributed by atoms with Gasteiger partial charge in [-0.25, -0.2) is 0 Å². The van der Waals surface area contributed by atoms with E-state index in [2.05, 4.69) is 91.0 Å². The van der Waals surface area contributed by atoms with E-state index in [0.717, 1.165) is 44.9 Å². The number of hydrogen-bond donors (Lipinski definition) is 0. The molecule has 1 heterocycles. The van der Waals surface area contributed by atoms with Gasteiger partial charge >= 0.3 is 0 Å². The highest BCUT2D eigenvalue weighted by molar-refractivity contribution is 7.95. The van der Waals surface area contributed by atoms with E-state index in [9.17, 15) is 5.21 Å². The molecule has 0 saturated carbocycles. The lowest BCUT2D eigenvalue weighted by atomic mass is 9.80. The number of ether oxygens (including phenoxy) is 1. The third kappa shape index (κ3) is 5.92. The average Bonchev–Trinajstić information content (AvgIpc) is 2.88. The lowest BCUT2D eigenvalue weighted by Crippen LogP contribution is -2.59. The Morgan fingerprint density at radius 3 is 1.53 bits per heavy atom. The lowest BCUT2D eigenvalue weighted by molar-refractivity contribution is -0.301. The van der Waals surface area contributed by atoms with Crippen molar-refractivity contribution >= 4 is 23.2 Å². The maximum absolute atomic E-state index is 12.6. The number of nitrogens with zero attached hydrogens (tertiary/aromatic N) is 1. The van der Waals surface area contributed by atoms with E-state index in [4.69, 9.17) is 4.74 Å². The van der Waals surface area contributed by atoms with Crippen molar-refractivity contribution in [3.63, 3.8) is 0 Å². The molecule has 1 aliphatic heterocycles. The van der Waals surface area contributed by atoms with Gasteiger partial charge in [0.2, 0.25) is 0 Å². The summed E-state index contributed by atoms with van der Waals surface area (Å²) < 4.78 is 6.33. The van der Waals surface area contributed by atoms with Gasteiger partial charge in [0.1, 0.15) is 23.2 Å². The summed E-state index contributed by atoms with van der Waals surface area (Å²) in [6, 6.07) is 33.4. The molecule has 0 unspecified atom stereocenters. The molecule has 1 aliphatic rings. The molecule has 1 saturated heterocycles. The summed E-state index contributed by atoms with van der Waals surface area (Å²) in [4.78, 5) is 0. The quantitative estimate of drug-likeness (QED) is 0.233. The maximum Gasteiger partial charge on any atom is 0.112 e. The first-order valence-corrected chi connectivity index (χ1v) is 15.4. The van der Waals surface area contributed by atoms with Crippen LogP contribution in [-0.2, 0) is 9.94 Å². The first-order valence-electron chi connectivity index (χ1n) is 13.4. The number of rotatable bonds is 10. The molecule has 1 fully saturated rings. The SMILES string of the molecule is CC1(C)CC(OCCCCC[P+](c2ccccc2)(c2ccccc2)c2ccccc2)CC(C)(C)N1[O]. The van der Waals surface area contributed by atoms with Crippen LogP contribution in [0.25, 0.3) is 0 Å². The van der Waals surface area contributed by atoms with Gasteiger partial charge in [-0.05, 0) is 96.2 Å². The first kappa shape index (κ1) is 27.0.